The van der Waals surface area contributed by atoms with Gasteiger partial charge in [-0.2, -0.15) is 5.10 Å². The molecule has 2 aromatic rings. The van der Waals surface area contributed by atoms with Crippen LogP contribution in [0.5, 0.6) is 0 Å². The summed E-state index contributed by atoms with van der Waals surface area (Å²) in [4.78, 5) is 12.8. The standard InChI is InChI=1S/C18H24N4O2/c1-14(21-17(23)18(13-19)6-10-24-11-7-18)15-4-2-5-16(12-15)22-9-3-8-20-22/h2-5,8-9,12,14H,6-7,10-11,13,19H2,1H3,(H,21,23). The summed E-state index contributed by atoms with van der Waals surface area (Å²) in [7, 11) is 0. The van der Waals surface area contributed by atoms with E-state index in [0.29, 0.717) is 32.6 Å². The van der Waals surface area contributed by atoms with Crippen molar-refractivity contribution in [3.8, 4) is 5.69 Å². The van der Waals surface area contributed by atoms with E-state index in [0.717, 1.165) is 11.3 Å². The number of nitrogens with one attached hydrogen (secondary N) is 1. The van der Waals surface area contributed by atoms with E-state index in [-0.39, 0.29) is 11.9 Å². The normalized spacial score (nSPS) is 18.1. The summed E-state index contributed by atoms with van der Waals surface area (Å²) in [5, 5.41) is 7.37. The van der Waals surface area contributed by atoms with Gasteiger partial charge in [-0.25, -0.2) is 4.68 Å². The summed E-state index contributed by atoms with van der Waals surface area (Å²) < 4.78 is 7.18. The highest BCUT2D eigenvalue weighted by Gasteiger charge is 2.39. The van der Waals surface area contributed by atoms with Crippen molar-refractivity contribution in [1.29, 1.82) is 0 Å². The molecular formula is C18H24N4O2. The maximum atomic E-state index is 12.8. The molecule has 6 nitrogen and oxygen atoms in total. The molecule has 0 aliphatic carbocycles. The minimum atomic E-state index is -0.508. The molecule has 1 aromatic heterocycles. The van der Waals surface area contributed by atoms with Gasteiger partial charge in [-0.05, 0) is 43.5 Å². The molecule has 0 spiro atoms. The highest BCUT2D eigenvalue weighted by atomic mass is 16.5. The van der Waals surface area contributed by atoms with Gasteiger partial charge in [-0.3, -0.25) is 4.79 Å². The minimum Gasteiger partial charge on any atom is -0.381 e. The van der Waals surface area contributed by atoms with Crippen molar-refractivity contribution in [2.24, 2.45) is 11.1 Å². The second kappa shape index (κ2) is 7.15. The Hall–Kier alpha value is -2.18. The van der Waals surface area contributed by atoms with Gasteiger partial charge in [0.15, 0.2) is 0 Å². The van der Waals surface area contributed by atoms with Crippen molar-refractivity contribution in [2.45, 2.75) is 25.8 Å². The Kier molecular flexibility index (Phi) is 4.97. The predicted molar refractivity (Wildman–Crippen MR) is 91.7 cm³/mol. The zero-order valence-corrected chi connectivity index (χ0v) is 13.9. The summed E-state index contributed by atoms with van der Waals surface area (Å²) in [6, 6.07) is 9.80. The van der Waals surface area contributed by atoms with Crippen molar-refractivity contribution < 1.29 is 9.53 Å². The molecular weight excluding hydrogens is 304 g/mol. The number of nitrogens with two attached hydrogens (primary N) is 1. The molecule has 1 amide bonds. The summed E-state index contributed by atoms with van der Waals surface area (Å²) >= 11 is 0. The molecule has 0 saturated carbocycles. The molecule has 0 bridgehead atoms. The molecule has 6 heteroatoms. The number of hydrogen-bond acceptors (Lipinski definition) is 4. The van der Waals surface area contributed by atoms with E-state index in [2.05, 4.69) is 10.4 Å². The Morgan fingerprint density at radius 3 is 2.88 bits per heavy atom. The lowest BCUT2D eigenvalue weighted by Crippen LogP contribution is -2.49. The van der Waals surface area contributed by atoms with E-state index in [1.807, 2.05) is 43.5 Å². The number of nitrogens with zero attached hydrogens (tertiary/aromatic N) is 2. The quantitative estimate of drug-likeness (QED) is 0.877. The van der Waals surface area contributed by atoms with Crippen LogP contribution < -0.4 is 11.1 Å². The van der Waals surface area contributed by atoms with E-state index >= 15 is 0 Å². The summed E-state index contributed by atoms with van der Waals surface area (Å²) in [5.41, 5.74) is 7.41. The molecule has 128 valence electrons. The maximum Gasteiger partial charge on any atom is 0.228 e. The molecule has 1 fully saturated rings. The zero-order chi connectivity index (χ0) is 17.0. The third-order valence-corrected chi connectivity index (χ3v) is 4.81. The Morgan fingerprint density at radius 1 is 1.42 bits per heavy atom. The Labute approximate surface area is 142 Å². The van der Waals surface area contributed by atoms with E-state index in [1.54, 1.807) is 10.9 Å². The minimum absolute atomic E-state index is 0.0188. The Bertz CT molecular complexity index is 678. The van der Waals surface area contributed by atoms with Crippen LogP contribution in [0, 0.1) is 5.41 Å². The van der Waals surface area contributed by atoms with Crippen LogP contribution in [0.3, 0.4) is 0 Å². The molecule has 1 unspecified atom stereocenters. The SMILES string of the molecule is CC(NC(=O)C1(CN)CCOCC1)c1cccc(-n2cccn2)c1. The number of rotatable bonds is 5. The first kappa shape index (κ1) is 16.7. The van der Waals surface area contributed by atoms with Crippen LogP contribution in [0.1, 0.15) is 31.4 Å². The second-order valence-electron chi connectivity index (χ2n) is 6.34. The zero-order valence-electron chi connectivity index (χ0n) is 13.9. The molecule has 0 radical (unpaired) electrons. The number of carbonyl (C=O) groups excluding carboxylic acids is 1. The van der Waals surface area contributed by atoms with E-state index in [1.165, 1.54) is 0 Å². The van der Waals surface area contributed by atoms with Gasteiger partial charge in [0.05, 0.1) is 17.1 Å². The average molecular weight is 328 g/mol. The van der Waals surface area contributed by atoms with E-state index < -0.39 is 5.41 Å². The van der Waals surface area contributed by atoms with Gasteiger partial charge in [0.25, 0.3) is 0 Å². The molecule has 24 heavy (non-hydrogen) atoms. The number of ether oxygens (including phenoxy) is 1. The Morgan fingerprint density at radius 2 is 2.21 bits per heavy atom. The van der Waals surface area contributed by atoms with Gasteiger partial charge in [-0.15, -0.1) is 0 Å². The van der Waals surface area contributed by atoms with Crippen molar-refractivity contribution in [1.82, 2.24) is 15.1 Å². The smallest absolute Gasteiger partial charge is 0.228 e. The lowest BCUT2D eigenvalue weighted by molar-refractivity contribution is -0.136. The van der Waals surface area contributed by atoms with Crippen LogP contribution in [0.15, 0.2) is 42.7 Å². The molecule has 2 heterocycles. The molecule has 1 aliphatic rings. The van der Waals surface area contributed by atoms with Gasteiger partial charge < -0.3 is 15.8 Å². The molecule has 3 N–H and O–H groups in total. The monoisotopic (exact) mass is 328 g/mol. The summed E-state index contributed by atoms with van der Waals surface area (Å²) in [6.45, 7) is 3.52. The van der Waals surface area contributed by atoms with Crippen LogP contribution in [0.25, 0.3) is 5.69 Å². The number of aromatic nitrogens is 2. The van der Waals surface area contributed by atoms with Crippen molar-refractivity contribution in [3.63, 3.8) is 0 Å². The molecule has 1 aromatic carbocycles. The van der Waals surface area contributed by atoms with Gasteiger partial charge >= 0.3 is 0 Å². The summed E-state index contributed by atoms with van der Waals surface area (Å²) in [5.74, 6) is 0.0188. The second-order valence-corrected chi connectivity index (χ2v) is 6.34. The van der Waals surface area contributed by atoms with Gasteiger partial charge in [-0.1, -0.05) is 12.1 Å². The van der Waals surface area contributed by atoms with Crippen molar-refractivity contribution >= 4 is 5.91 Å². The number of carbonyl (C=O) groups is 1. The van der Waals surface area contributed by atoms with Gasteiger partial charge in [0.2, 0.25) is 5.91 Å². The van der Waals surface area contributed by atoms with Crippen LogP contribution in [-0.4, -0.2) is 35.4 Å². The fourth-order valence-corrected chi connectivity index (χ4v) is 3.08. The van der Waals surface area contributed by atoms with Crippen LogP contribution in [0.2, 0.25) is 0 Å². The highest BCUT2D eigenvalue weighted by molar-refractivity contribution is 5.83. The van der Waals surface area contributed by atoms with Crippen LogP contribution in [0.4, 0.5) is 0 Å². The average Bonchev–Trinajstić information content (AvgIpc) is 3.17. The van der Waals surface area contributed by atoms with Crippen molar-refractivity contribution in [3.05, 3.63) is 48.3 Å². The molecule has 1 aliphatic heterocycles. The fourth-order valence-electron chi connectivity index (χ4n) is 3.08. The third-order valence-electron chi connectivity index (χ3n) is 4.81. The predicted octanol–water partition coefficient (Wildman–Crippen LogP) is 1.80. The van der Waals surface area contributed by atoms with Gasteiger partial charge in [0.1, 0.15) is 0 Å². The van der Waals surface area contributed by atoms with Crippen LogP contribution in [-0.2, 0) is 9.53 Å². The van der Waals surface area contributed by atoms with E-state index in [9.17, 15) is 4.79 Å². The number of benzene rings is 1. The Balaban J connectivity index is 1.73. The number of amides is 1. The third kappa shape index (κ3) is 3.34. The lowest BCUT2D eigenvalue weighted by Gasteiger charge is -2.35. The summed E-state index contributed by atoms with van der Waals surface area (Å²) in [6.07, 6.45) is 4.99. The van der Waals surface area contributed by atoms with Gasteiger partial charge in [0, 0.05) is 32.2 Å². The van der Waals surface area contributed by atoms with Crippen LogP contribution >= 0.6 is 0 Å². The van der Waals surface area contributed by atoms with E-state index in [4.69, 9.17) is 10.5 Å². The first-order valence-electron chi connectivity index (χ1n) is 8.33. The first-order valence-corrected chi connectivity index (χ1v) is 8.33. The lowest BCUT2D eigenvalue weighted by atomic mass is 9.79. The number of hydrogen-bond donors (Lipinski definition) is 2. The molecule has 3 rings (SSSR count). The molecule has 1 atom stereocenters. The molecule has 1 saturated heterocycles. The topological polar surface area (TPSA) is 82.2 Å². The van der Waals surface area contributed by atoms with Crippen molar-refractivity contribution in [2.75, 3.05) is 19.8 Å². The largest absolute Gasteiger partial charge is 0.381 e. The fraction of sp³-hybridized carbons (Fsp3) is 0.444. The first-order chi connectivity index (χ1) is 11.6. The maximum absolute atomic E-state index is 12.8. The highest BCUT2D eigenvalue weighted by Crippen LogP contribution is 2.30.